The molecule has 0 spiro atoms. The minimum absolute atomic E-state index is 0.0948. The van der Waals surface area contributed by atoms with Crippen LogP contribution in [-0.4, -0.2) is 38.1 Å². The average molecular weight is 377 g/mol. The molecule has 8 heteroatoms. The Bertz CT molecular complexity index is 886. The first-order valence-corrected chi connectivity index (χ1v) is 10.1. The smallest absolute Gasteiger partial charge is 0.337 e. The largest absolute Gasteiger partial charge is 0.478 e. The van der Waals surface area contributed by atoms with Crippen molar-refractivity contribution in [3.63, 3.8) is 0 Å². The Morgan fingerprint density at radius 1 is 1.27 bits per heavy atom. The Kier molecular flexibility index (Phi) is 4.81. The maximum absolute atomic E-state index is 11.9. The number of rotatable bonds is 5. The van der Waals surface area contributed by atoms with E-state index in [1.807, 2.05) is 36.1 Å². The summed E-state index contributed by atoms with van der Waals surface area (Å²) in [5.74, 6) is -1.20. The molecule has 1 aromatic carbocycles. The predicted molar refractivity (Wildman–Crippen MR) is 101 cm³/mol. The molecule has 2 aliphatic rings. The van der Waals surface area contributed by atoms with Gasteiger partial charge in [-0.15, -0.1) is 0 Å². The normalized spacial score (nSPS) is 22.6. The van der Waals surface area contributed by atoms with Crippen LogP contribution in [0.25, 0.3) is 0 Å². The number of sulfonamides is 1. The van der Waals surface area contributed by atoms with E-state index < -0.39 is 21.5 Å². The monoisotopic (exact) mass is 377 g/mol. The van der Waals surface area contributed by atoms with Gasteiger partial charge in [-0.05, 0) is 38.3 Å². The van der Waals surface area contributed by atoms with Crippen LogP contribution < -0.4 is 15.4 Å². The number of nitrogens with two attached hydrogens (primary N) is 1. The van der Waals surface area contributed by atoms with E-state index in [0.29, 0.717) is 17.8 Å². The average Bonchev–Trinajstić information content (AvgIpc) is 3.08. The molecule has 1 aromatic rings. The summed E-state index contributed by atoms with van der Waals surface area (Å²) in [6.07, 6.45) is 10.5. The molecular weight excluding hydrogens is 354 g/mol. The SMILES string of the molecule is CC1(Nc2c(C(=O)O)cc(S(N)(=O)=O)cc2N2CCCC2)C=CC=CC1. The van der Waals surface area contributed by atoms with E-state index in [-0.39, 0.29) is 10.5 Å². The highest BCUT2D eigenvalue weighted by Crippen LogP contribution is 2.38. The minimum Gasteiger partial charge on any atom is -0.478 e. The fourth-order valence-electron chi connectivity index (χ4n) is 3.38. The van der Waals surface area contributed by atoms with Gasteiger partial charge < -0.3 is 15.3 Å². The van der Waals surface area contributed by atoms with Crippen LogP contribution in [0.4, 0.5) is 11.4 Å². The molecule has 1 saturated heterocycles. The molecule has 1 aliphatic carbocycles. The van der Waals surface area contributed by atoms with Gasteiger partial charge in [-0.2, -0.15) is 0 Å². The number of allylic oxidation sites excluding steroid dienone is 2. The number of aromatic carboxylic acids is 1. The van der Waals surface area contributed by atoms with Crippen molar-refractivity contribution >= 4 is 27.4 Å². The number of benzene rings is 1. The van der Waals surface area contributed by atoms with Crippen LogP contribution in [0.2, 0.25) is 0 Å². The van der Waals surface area contributed by atoms with Crippen molar-refractivity contribution in [2.75, 3.05) is 23.3 Å². The number of carbonyl (C=O) groups is 1. The fourth-order valence-corrected chi connectivity index (χ4v) is 3.94. The van der Waals surface area contributed by atoms with Crippen LogP contribution >= 0.6 is 0 Å². The zero-order valence-corrected chi connectivity index (χ0v) is 15.4. The molecule has 0 radical (unpaired) electrons. The number of hydrogen-bond donors (Lipinski definition) is 3. The van der Waals surface area contributed by atoms with E-state index in [1.54, 1.807) is 0 Å². The molecule has 0 aromatic heterocycles. The van der Waals surface area contributed by atoms with E-state index in [1.165, 1.54) is 6.07 Å². The highest BCUT2D eigenvalue weighted by Gasteiger charge is 2.29. The van der Waals surface area contributed by atoms with Crippen LogP contribution in [0.3, 0.4) is 0 Å². The number of primary sulfonamides is 1. The van der Waals surface area contributed by atoms with Crippen LogP contribution in [0, 0.1) is 0 Å². The molecule has 3 rings (SSSR count). The fraction of sp³-hybridized carbons (Fsp3) is 0.389. The van der Waals surface area contributed by atoms with Gasteiger partial charge in [0, 0.05) is 13.1 Å². The summed E-state index contributed by atoms with van der Waals surface area (Å²) in [5.41, 5.74) is 0.434. The number of nitrogens with one attached hydrogen (secondary N) is 1. The summed E-state index contributed by atoms with van der Waals surface area (Å²) < 4.78 is 23.7. The maximum atomic E-state index is 11.9. The summed E-state index contributed by atoms with van der Waals surface area (Å²) in [7, 11) is -4.02. The molecule has 0 amide bonds. The summed E-state index contributed by atoms with van der Waals surface area (Å²) in [6, 6.07) is 2.60. The van der Waals surface area contributed by atoms with E-state index in [0.717, 1.165) is 32.0 Å². The number of hydrogen-bond acceptors (Lipinski definition) is 5. The molecular formula is C18H23N3O4S. The molecule has 1 heterocycles. The molecule has 1 fully saturated rings. The highest BCUT2D eigenvalue weighted by atomic mass is 32.2. The first kappa shape index (κ1) is 18.5. The number of carboxylic acids is 1. The lowest BCUT2D eigenvalue weighted by molar-refractivity contribution is 0.0697. The molecule has 140 valence electrons. The van der Waals surface area contributed by atoms with Gasteiger partial charge in [0.1, 0.15) is 0 Å². The third kappa shape index (κ3) is 3.76. The van der Waals surface area contributed by atoms with Gasteiger partial charge in [0.2, 0.25) is 10.0 Å². The first-order chi connectivity index (χ1) is 12.2. The van der Waals surface area contributed by atoms with Gasteiger partial charge in [-0.25, -0.2) is 18.4 Å². The molecule has 1 atom stereocenters. The van der Waals surface area contributed by atoms with Crippen LogP contribution in [0.15, 0.2) is 41.3 Å². The first-order valence-electron chi connectivity index (χ1n) is 8.51. The zero-order chi connectivity index (χ0) is 18.9. The van der Waals surface area contributed by atoms with E-state index in [9.17, 15) is 18.3 Å². The van der Waals surface area contributed by atoms with Gasteiger partial charge in [0.15, 0.2) is 0 Å². The summed E-state index contributed by atoms with van der Waals surface area (Å²) in [5, 5.41) is 18.3. The molecule has 4 N–H and O–H groups in total. The quantitative estimate of drug-likeness (QED) is 0.726. The predicted octanol–water partition coefficient (Wildman–Crippen LogP) is 2.32. The third-order valence-electron chi connectivity index (χ3n) is 4.76. The standard InChI is InChI=1S/C18H23N3O4S/c1-18(7-3-2-4-8-18)20-16-14(17(22)23)11-13(26(19,24)25)12-15(16)21-9-5-6-10-21/h2-4,7,11-12,20H,5-6,8-10H2,1H3,(H,22,23)(H2,19,24,25). The second-order valence-electron chi connectivity index (χ2n) is 6.94. The Morgan fingerprint density at radius 2 is 1.96 bits per heavy atom. The molecule has 26 heavy (non-hydrogen) atoms. The second-order valence-corrected chi connectivity index (χ2v) is 8.50. The zero-order valence-electron chi connectivity index (χ0n) is 14.6. The maximum Gasteiger partial charge on any atom is 0.337 e. The van der Waals surface area contributed by atoms with Crippen molar-refractivity contribution in [1.29, 1.82) is 0 Å². The number of nitrogens with zero attached hydrogens (tertiary/aromatic N) is 1. The Balaban J connectivity index is 2.17. The summed E-state index contributed by atoms with van der Waals surface area (Å²) in [6.45, 7) is 3.46. The van der Waals surface area contributed by atoms with Crippen LogP contribution in [0.5, 0.6) is 0 Å². The van der Waals surface area contributed by atoms with Gasteiger partial charge >= 0.3 is 5.97 Å². The van der Waals surface area contributed by atoms with Crippen molar-refractivity contribution in [3.8, 4) is 0 Å². The molecule has 0 saturated carbocycles. The Labute approximate surface area is 153 Å². The van der Waals surface area contributed by atoms with Crippen molar-refractivity contribution in [3.05, 3.63) is 42.0 Å². The summed E-state index contributed by atoms with van der Waals surface area (Å²) >= 11 is 0. The third-order valence-corrected chi connectivity index (χ3v) is 5.65. The summed E-state index contributed by atoms with van der Waals surface area (Å²) in [4.78, 5) is 13.7. The van der Waals surface area contributed by atoms with Crippen molar-refractivity contribution in [2.24, 2.45) is 5.14 Å². The van der Waals surface area contributed by atoms with E-state index in [2.05, 4.69) is 5.32 Å². The topological polar surface area (TPSA) is 113 Å². The lowest BCUT2D eigenvalue weighted by Crippen LogP contribution is -2.35. The minimum atomic E-state index is -4.02. The van der Waals surface area contributed by atoms with E-state index >= 15 is 0 Å². The number of carboxylic acid groups (broad SMARTS) is 1. The van der Waals surface area contributed by atoms with Crippen molar-refractivity contribution in [1.82, 2.24) is 0 Å². The lowest BCUT2D eigenvalue weighted by Gasteiger charge is -2.33. The van der Waals surface area contributed by atoms with Gasteiger partial charge in [-0.3, -0.25) is 0 Å². The Hall–Kier alpha value is -2.32. The molecule has 0 bridgehead atoms. The van der Waals surface area contributed by atoms with Crippen LogP contribution in [-0.2, 0) is 10.0 Å². The second kappa shape index (κ2) is 6.77. The van der Waals surface area contributed by atoms with Gasteiger partial charge in [-0.1, -0.05) is 24.3 Å². The van der Waals surface area contributed by atoms with Crippen molar-refractivity contribution < 1.29 is 18.3 Å². The van der Waals surface area contributed by atoms with Gasteiger partial charge in [0.25, 0.3) is 0 Å². The molecule has 7 nitrogen and oxygen atoms in total. The molecule has 1 unspecified atom stereocenters. The number of anilines is 2. The van der Waals surface area contributed by atoms with E-state index in [4.69, 9.17) is 5.14 Å². The highest BCUT2D eigenvalue weighted by molar-refractivity contribution is 7.89. The van der Waals surface area contributed by atoms with Crippen LogP contribution in [0.1, 0.15) is 36.5 Å². The van der Waals surface area contributed by atoms with Crippen molar-refractivity contribution in [2.45, 2.75) is 36.6 Å². The van der Waals surface area contributed by atoms with Gasteiger partial charge in [0.05, 0.1) is 27.4 Å². The Morgan fingerprint density at radius 3 is 2.50 bits per heavy atom. The lowest BCUT2D eigenvalue weighted by atomic mass is 9.92. The molecule has 1 aliphatic heterocycles.